The molecule has 0 aromatic heterocycles. The van der Waals surface area contributed by atoms with Crippen molar-refractivity contribution in [2.24, 2.45) is 5.41 Å². The summed E-state index contributed by atoms with van der Waals surface area (Å²) in [5, 5.41) is 3.51. The monoisotopic (exact) mass is 271 g/mol. The molecule has 0 saturated carbocycles. The second-order valence-electron chi connectivity index (χ2n) is 4.42. The number of halogens is 1. The van der Waals surface area contributed by atoms with Gasteiger partial charge < -0.3 is 5.32 Å². The summed E-state index contributed by atoms with van der Waals surface area (Å²) in [5.41, 5.74) is 1.62. The lowest BCUT2D eigenvalue weighted by Crippen LogP contribution is -2.23. The third kappa shape index (κ3) is 2.09. The standard InChI is InChI=1S/C11H14BrNS/c1-11(2)6-13-9-5-3-4-8(12)10(9)14-7-11/h3-5,13H,6-7H2,1-2H3. The minimum Gasteiger partial charge on any atom is -0.384 e. The van der Waals surface area contributed by atoms with Crippen molar-refractivity contribution in [3.05, 3.63) is 22.7 Å². The number of hydrogen-bond acceptors (Lipinski definition) is 2. The molecule has 0 aliphatic carbocycles. The Morgan fingerprint density at radius 3 is 3.00 bits per heavy atom. The summed E-state index contributed by atoms with van der Waals surface area (Å²) in [4.78, 5) is 1.35. The maximum Gasteiger partial charge on any atom is 0.0490 e. The van der Waals surface area contributed by atoms with E-state index in [2.05, 4.69) is 53.3 Å². The van der Waals surface area contributed by atoms with Gasteiger partial charge in [0, 0.05) is 27.4 Å². The molecule has 0 radical (unpaired) electrons. The number of fused-ring (bicyclic) bond motifs is 1. The second kappa shape index (κ2) is 3.78. The summed E-state index contributed by atoms with van der Waals surface area (Å²) in [5.74, 6) is 1.16. The fourth-order valence-corrected chi connectivity index (χ4v) is 3.30. The van der Waals surface area contributed by atoms with E-state index in [1.807, 2.05) is 11.8 Å². The third-order valence-electron chi connectivity index (χ3n) is 2.33. The van der Waals surface area contributed by atoms with Crippen LogP contribution in [-0.4, -0.2) is 12.3 Å². The first kappa shape index (κ1) is 10.4. The van der Waals surface area contributed by atoms with Crippen LogP contribution in [0.3, 0.4) is 0 Å². The Morgan fingerprint density at radius 2 is 2.21 bits per heavy atom. The lowest BCUT2D eigenvalue weighted by atomic mass is 9.96. The number of thioether (sulfide) groups is 1. The fourth-order valence-electron chi connectivity index (χ4n) is 1.45. The van der Waals surface area contributed by atoms with E-state index in [0.29, 0.717) is 5.41 Å². The highest BCUT2D eigenvalue weighted by Gasteiger charge is 2.23. The zero-order chi connectivity index (χ0) is 10.2. The van der Waals surface area contributed by atoms with Crippen LogP contribution in [0.2, 0.25) is 0 Å². The van der Waals surface area contributed by atoms with Gasteiger partial charge in [-0.1, -0.05) is 19.9 Å². The minimum atomic E-state index is 0.364. The molecular weight excluding hydrogens is 258 g/mol. The topological polar surface area (TPSA) is 12.0 Å². The van der Waals surface area contributed by atoms with Crippen LogP contribution < -0.4 is 5.32 Å². The number of nitrogens with one attached hydrogen (secondary N) is 1. The lowest BCUT2D eigenvalue weighted by molar-refractivity contribution is 0.456. The van der Waals surface area contributed by atoms with Gasteiger partial charge >= 0.3 is 0 Å². The SMILES string of the molecule is CC1(C)CNc2cccc(Br)c2SC1. The Labute approximate surface area is 97.8 Å². The van der Waals surface area contributed by atoms with Crippen LogP contribution in [0.25, 0.3) is 0 Å². The minimum absolute atomic E-state index is 0.364. The van der Waals surface area contributed by atoms with Gasteiger partial charge in [0.15, 0.2) is 0 Å². The Kier molecular flexibility index (Phi) is 2.80. The average molecular weight is 272 g/mol. The van der Waals surface area contributed by atoms with E-state index < -0.39 is 0 Å². The zero-order valence-corrected chi connectivity index (χ0v) is 10.8. The smallest absolute Gasteiger partial charge is 0.0490 e. The van der Waals surface area contributed by atoms with Gasteiger partial charge in [0.25, 0.3) is 0 Å². The summed E-state index contributed by atoms with van der Waals surface area (Å²) in [6.45, 7) is 5.64. The molecule has 0 saturated heterocycles. The highest BCUT2D eigenvalue weighted by Crippen LogP contribution is 2.40. The van der Waals surface area contributed by atoms with Gasteiger partial charge in [-0.3, -0.25) is 0 Å². The van der Waals surface area contributed by atoms with Gasteiger partial charge in [-0.05, 0) is 33.5 Å². The van der Waals surface area contributed by atoms with E-state index in [4.69, 9.17) is 0 Å². The van der Waals surface area contributed by atoms with Crippen molar-refractivity contribution < 1.29 is 0 Å². The quantitative estimate of drug-likeness (QED) is 0.766. The van der Waals surface area contributed by atoms with Gasteiger partial charge in [-0.2, -0.15) is 0 Å². The van der Waals surface area contributed by atoms with E-state index in [1.165, 1.54) is 15.1 Å². The number of hydrogen-bond donors (Lipinski definition) is 1. The Bertz CT molecular complexity index is 349. The highest BCUT2D eigenvalue weighted by atomic mass is 79.9. The van der Waals surface area contributed by atoms with Crippen molar-refractivity contribution in [3.8, 4) is 0 Å². The van der Waals surface area contributed by atoms with Crippen LogP contribution in [0.15, 0.2) is 27.6 Å². The predicted octanol–water partition coefficient (Wildman–Crippen LogP) is 3.99. The van der Waals surface area contributed by atoms with E-state index in [9.17, 15) is 0 Å². The predicted molar refractivity (Wildman–Crippen MR) is 67.1 cm³/mol. The number of benzene rings is 1. The van der Waals surface area contributed by atoms with Gasteiger partial charge in [0.1, 0.15) is 0 Å². The molecular formula is C11H14BrNS. The van der Waals surface area contributed by atoms with Gasteiger partial charge in [-0.15, -0.1) is 11.8 Å². The van der Waals surface area contributed by atoms with E-state index in [0.717, 1.165) is 12.3 Å². The summed E-state index contributed by atoms with van der Waals surface area (Å²) in [6.07, 6.45) is 0. The largest absolute Gasteiger partial charge is 0.384 e. The molecule has 76 valence electrons. The maximum atomic E-state index is 3.59. The molecule has 3 heteroatoms. The Morgan fingerprint density at radius 1 is 1.43 bits per heavy atom. The first-order valence-electron chi connectivity index (χ1n) is 4.74. The highest BCUT2D eigenvalue weighted by molar-refractivity contribution is 9.10. The molecule has 2 rings (SSSR count). The molecule has 0 unspecified atom stereocenters. The van der Waals surface area contributed by atoms with E-state index in [1.54, 1.807) is 0 Å². The Hall–Kier alpha value is -0.150. The molecule has 1 aromatic rings. The molecule has 0 fully saturated rings. The number of rotatable bonds is 0. The molecule has 0 atom stereocenters. The molecule has 1 nitrogen and oxygen atoms in total. The molecule has 1 aliphatic heterocycles. The summed E-state index contributed by atoms with van der Waals surface area (Å²) in [7, 11) is 0. The average Bonchev–Trinajstić information content (AvgIpc) is 2.27. The summed E-state index contributed by atoms with van der Waals surface area (Å²) in [6, 6.07) is 6.33. The summed E-state index contributed by atoms with van der Waals surface area (Å²) < 4.78 is 1.20. The van der Waals surface area contributed by atoms with Crippen LogP contribution in [-0.2, 0) is 0 Å². The second-order valence-corrected chi connectivity index (χ2v) is 6.26. The lowest BCUT2D eigenvalue weighted by Gasteiger charge is -2.21. The van der Waals surface area contributed by atoms with Gasteiger partial charge in [0.2, 0.25) is 0 Å². The molecule has 14 heavy (non-hydrogen) atoms. The van der Waals surface area contributed by atoms with Crippen molar-refractivity contribution in [3.63, 3.8) is 0 Å². The van der Waals surface area contributed by atoms with E-state index >= 15 is 0 Å². The molecule has 1 aliphatic rings. The molecule has 1 N–H and O–H groups in total. The first-order valence-corrected chi connectivity index (χ1v) is 6.52. The zero-order valence-electron chi connectivity index (χ0n) is 8.43. The summed E-state index contributed by atoms with van der Waals surface area (Å²) >= 11 is 5.53. The van der Waals surface area contributed by atoms with Crippen LogP contribution in [0.4, 0.5) is 5.69 Å². The van der Waals surface area contributed by atoms with Crippen molar-refractivity contribution in [2.45, 2.75) is 18.7 Å². The molecule has 1 heterocycles. The molecule has 0 amide bonds. The normalized spacial score (nSPS) is 19.4. The van der Waals surface area contributed by atoms with Crippen LogP contribution in [0.1, 0.15) is 13.8 Å². The van der Waals surface area contributed by atoms with Gasteiger partial charge in [0.05, 0.1) is 0 Å². The molecule has 0 bridgehead atoms. The molecule has 0 spiro atoms. The molecule has 1 aromatic carbocycles. The third-order valence-corrected chi connectivity index (χ3v) is 4.91. The maximum absolute atomic E-state index is 3.59. The van der Waals surface area contributed by atoms with Crippen molar-refractivity contribution >= 4 is 33.4 Å². The van der Waals surface area contributed by atoms with Crippen molar-refractivity contribution in [1.29, 1.82) is 0 Å². The van der Waals surface area contributed by atoms with Crippen molar-refractivity contribution in [2.75, 3.05) is 17.6 Å². The fraction of sp³-hybridized carbons (Fsp3) is 0.455. The van der Waals surface area contributed by atoms with Crippen LogP contribution >= 0.6 is 27.7 Å². The van der Waals surface area contributed by atoms with E-state index in [-0.39, 0.29) is 0 Å². The van der Waals surface area contributed by atoms with Crippen molar-refractivity contribution in [1.82, 2.24) is 0 Å². The first-order chi connectivity index (χ1) is 6.58. The van der Waals surface area contributed by atoms with Gasteiger partial charge in [-0.25, -0.2) is 0 Å². The Balaban J connectivity index is 2.34. The van der Waals surface area contributed by atoms with Crippen LogP contribution in [0, 0.1) is 5.41 Å². The number of anilines is 1. The van der Waals surface area contributed by atoms with Crippen LogP contribution in [0.5, 0.6) is 0 Å².